The van der Waals surface area contributed by atoms with Crippen LogP contribution in [0.1, 0.15) is 0 Å². The van der Waals surface area contributed by atoms with E-state index in [1.165, 1.54) is 66.0 Å². The largest absolute Gasteiger partial charge is 0.310 e. The third kappa shape index (κ3) is 6.23. The summed E-state index contributed by atoms with van der Waals surface area (Å²) in [6.45, 7) is 0. The van der Waals surface area contributed by atoms with Gasteiger partial charge in [-0.25, -0.2) is 0 Å². The lowest BCUT2D eigenvalue weighted by Crippen LogP contribution is -2.11. The Morgan fingerprint density at radius 1 is 0.283 bits per heavy atom. The van der Waals surface area contributed by atoms with Crippen molar-refractivity contribution in [3.63, 3.8) is 0 Å². The molecule has 0 fully saturated rings. The lowest BCUT2D eigenvalue weighted by molar-refractivity contribution is 1.18. The van der Waals surface area contributed by atoms with Crippen molar-refractivity contribution in [2.24, 2.45) is 0 Å². The number of hydrogen-bond donors (Lipinski definition) is 0. The molecule has 0 bridgehead atoms. The van der Waals surface area contributed by atoms with Gasteiger partial charge in [0.15, 0.2) is 0 Å². The molecule has 0 atom stereocenters. The van der Waals surface area contributed by atoms with Gasteiger partial charge in [-0.2, -0.15) is 0 Å². The molecule has 0 saturated heterocycles. The Hall–Kier alpha value is -7.94. The van der Waals surface area contributed by atoms with Crippen LogP contribution in [0.3, 0.4) is 0 Å². The van der Waals surface area contributed by atoms with Crippen molar-refractivity contribution in [1.82, 2.24) is 4.57 Å². The highest BCUT2D eigenvalue weighted by atomic mass is 15.1. The van der Waals surface area contributed by atoms with Crippen LogP contribution in [0.5, 0.6) is 0 Å². The predicted octanol–water partition coefficient (Wildman–Crippen LogP) is 16.1. The van der Waals surface area contributed by atoms with Crippen LogP contribution in [0.4, 0.5) is 17.1 Å². The van der Waals surface area contributed by atoms with E-state index in [2.05, 4.69) is 252 Å². The number of nitrogens with zero attached hydrogens (tertiary/aromatic N) is 2. The second kappa shape index (κ2) is 15.1. The molecule has 282 valence electrons. The molecular weight excluding hydrogens is 725 g/mol. The van der Waals surface area contributed by atoms with Crippen LogP contribution in [0.15, 0.2) is 243 Å². The smallest absolute Gasteiger partial charge is 0.0547 e. The normalized spacial score (nSPS) is 11.3. The molecule has 0 radical (unpaired) electrons. The number of fused-ring (bicyclic) bond motifs is 5. The van der Waals surface area contributed by atoms with Gasteiger partial charge in [0.25, 0.3) is 0 Å². The third-order valence-electron chi connectivity index (χ3n) is 11.8. The van der Waals surface area contributed by atoms with Gasteiger partial charge in [-0.3, -0.25) is 0 Å². The van der Waals surface area contributed by atoms with Crippen molar-refractivity contribution >= 4 is 49.6 Å². The fourth-order valence-corrected chi connectivity index (χ4v) is 8.95. The first-order chi connectivity index (χ1) is 29.8. The summed E-state index contributed by atoms with van der Waals surface area (Å²) in [5.74, 6) is 0. The van der Waals surface area contributed by atoms with Crippen molar-refractivity contribution in [3.05, 3.63) is 243 Å². The van der Waals surface area contributed by atoms with Crippen LogP contribution in [0.2, 0.25) is 0 Å². The molecule has 0 unspecified atom stereocenters. The van der Waals surface area contributed by atoms with Crippen LogP contribution < -0.4 is 4.90 Å². The summed E-state index contributed by atoms with van der Waals surface area (Å²) >= 11 is 0. The molecule has 1 aromatic heterocycles. The maximum Gasteiger partial charge on any atom is 0.0547 e. The van der Waals surface area contributed by atoms with E-state index in [1.807, 2.05) is 0 Å². The van der Waals surface area contributed by atoms with Crippen molar-refractivity contribution in [3.8, 4) is 50.2 Å². The van der Waals surface area contributed by atoms with Gasteiger partial charge in [-0.15, -0.1) is 0 Å². The summed E-state index contributed by atoms with van der Waals surface area (Å²) in [7, 11) is 0. The second-order valence-electron chi connectivity index (χ2n) is 15.3. The molecule has 11 rings (SSSR count). The highest BCUT2D eigenvalue weighted by molar-refractivity contribution is 6.21. The van der Waals surface area contributed by atoms with Gasteiger partial charge in [0.2, 0.25) is 0 Å². The third-order valence-corrected chi connectivity index (χ3v) is 11.8. The van der Waals surface area contributed by atoms with Crippen LogP contribution in [-0.4, -0.2) is 4.57 Å². The van der Waals surface area contributed by atoms with E-state index < -0.39 is 0 Å². The van der Waals surface area contributed by atoms with Gasteiger partial charge < -0.3 is 9.47 Å². The van der Waals surface area contributed by atoms with Crippen LogP contribution in [0.25, 0.3) is 82.8 Å². The van der Waals surface area contributed by atoms with Gasteiger partial charge in [0.1, 0.15) is 0 Å². The first kappa shape index (κ1) is 35.2. The molecule has 11 aromatic rings. The Balaban J connectivity index is 1.03. The Bertz CT molecular complexity index is 3270. The highest BCUT2D eigenvalue weighted by Gasteiger charge is 2.20. The maximum absolute atomic E-state index is 2.44. The van der Waals surface area contributed by atoms with E-state index in [-0.39, 0.29) is 0 Å². The maximum atomic E-state index is 2.44. The Morgan fingerprint density at radius 2 is 0.750 bits per heavy atom. The number of para-hydroxylation sites is 3. The summed E-state index contributed by atoms with van der Waals surface area (Å²) in [6, 6.07) is 87.8. The fraction of sp³-hybridized carbons (Fsp3) is 0. The summed E-state index contributed by atoms with van der Waals surface area (Å²) in [5.41, 5.74) is 16.3. The summed E-state index contributed by atoms with van der Waals surface area (Å²) in [6.07, 6.45) is 0. The molecule has 0 aliphatic carbocycles. The highest BCUT2D eigenvalue weighted by Crippen LogP contribution is 2.44. The van der Waals surface area contributed by atoms with Gasteiger partial charge in [-0.05, 0) is 92.7 Å². The standard InChI is InChI=1S/C58H40N2/c1-3-15-41(16-4-1)43-27-29-46(30-28-43)50-20-9-12-24-54(50)59(48-36-31-44(32-37-48)42-17-5-2-6-18-42)49-38-33-47(34-39-49)51-21-10-13-25-55(51)60-56-26-14-11-23-53(56)58-52-22-8-7-19-45(52)35-40-57(58)60/h1-40H. The minimum absolute atomic E-state index is 1.08. The average Bonchev–Trinajstić information content (AvgIpc) is 3.68. The molecule has 60 heavy (non-hydrogen) atoms. The molecule has 0 aliphatic heterocycles. The summed E-state index contributed by atoms with van der Waals surface area (Å²) in [4.78, 5) is 2.39. The second-order valence-corrected chi connectivity index (χ2v) is 15.3. The monoisotopic (exact) mass is 764 g/mol. The number of aromatic nitrogens is 1. The lowest BCUT2D eigenvalue weighted by atomic mass is 9.98. The van der Waals surface area contributed by atoms with E-state index in [4.69, 9.17) is 0 Å². The summed E-state index contributed by atoms with van der Waals surface area (Å²) in [5, 5.41) is 5.07. The lowest BCUT2D eigenvalue weighted by Gasteiger charge is -2.28. The molecule has 0 N–H and O–H groups in total. The Morgan fingerprint density at radius 3 is 1.43 bits per heavy atom. The molecule has 1 heterocycles. The SMILES string of the molecule is c1ccc(-c2ccc(-c3ccccc3N(c3ccc(-c4ccccc4)cc3)c3ccc(-c4ccccc4-n4c5ccccc5c5c6ccccc6ccc54)cc3)cc2)cc1. The fourth-order valence-electron chi connectivity index (χ4n) is 8.95. The van der Waals surface area contributed by atoms with Crippen LogP contribution in [-0.2, 0) is 0 Å². The molecule has 0 amide bonds. The molecular formula is C58H40N2. The number of hydrogen-bond acceptors (Lipinski definition) is 1. The van der Waals surface area contributed by atoms with Crippen LogP contribution in [0, 0.1) is 0 Å². The van der Waals surface area contributed by atoms with Gasteiger partial charge in [-0.1, -0.05) is 194 Å². The van der Waals surface area contributed by atoms with Crippen molar-refractivity contribution in [1.29, 1.82) is 0 Å². The minimum atomic E-state index is 1.08. The molecule has 2 heteroatoms. The predicted molar refractivity (Wildman–Crippen MR) is 255 cm³/mol. The zero-order valence-corrected chi connectivity index (χ0v) is 33.0. The zero-order chi connectivity index (χ0) is 39.8. The Labute approximate surface area is 350 Å². The molecule has 0 aliphatic rings. The van der Waals surface area contributed by atoms with Gasteiger partial charge in [0.05, 0.1) is 22.4 Å². The van der Waals surface area contributed by atoms with Gasteiger partial charge >= 0.3 is 0 Å². The van der Waals surface area contributed by atoms with E-state index in [1.54, 1.807) is 0 Å². The van der Waals surface area contributed by atoms with E-state index in [9.17, 15) is 0 Å². The molecule has 0 spiro atoms. The molecule has 10 aromatic carbocycles. The van der Waals surface area contributed by atoms with Crippen molar-refractivity contribution in [2.75, 3.05) is 4.90 Å². The van der Waals surface area contributed by atoms with E-state index >= 15 is 0 Å². The number of rotatable bonds is 8. The summed E-state index contributed by atoms with van der Waals surface area (Å²) < 4.78 is 2.44. The number of anilines is 3. The first-order valence-corrected chi connectivity index (χ1v) is 20.6. The molecule has 2 nitrogen and oxygen atoms in total. The molecule has 0 saturated carbocycles. The minimum Gasteiger partial charge on any atom is -0.310 e. The first-order valence-electron chi connectivity index (χ1n) is 20.6. The zero-order valence-electron chi connectivity index (χ0n) is 33.0. The van der Waals surface area contributed by atoms with E-state index in [0.717, 1.165) is 33.9 Å². The van der Waals surface area contributed by atoms with E-state index in [0.29, 0.717) is 0 Å². The quantitative estimate of drug-likeness (QED) is 0.150. The van der Waals surface area contributed by atoms with Crippen LogP contribution >= 0.6 is 0 Å². The average molecular weight is 765 g/mol. The van der Waals surface area contributed by atoms with Gasteiger partial charge in [0, 0.05) is 33.3 Å². The van der Waals surface area contributed by atoms with Crippen molar-refractivity contribution < 1.29 is 0 Å². The number of benzene rings is 10. The Kier molecular flexibility index (Phi) is 8.87. The topological polar surface area (TPSA) is 8.17 Å². The van der Waals surface area contributed by atoms with Crippen molar-refractivity contribution in [2.45, 2.75) is 0 Å².